The molecular weight excluding hydrogens is 414 g/mol. The van der Waals surface area contributed by atoms with E-state index in [4.69, 9.17) is 16.3 Å². The molecule has 3 aromatic carbocycles. The van der Waals surface area contributed by atoms with Gasteiger partial charge in [0.25, 0.3) is 0 Å². The van der Waals surface area contributed by atoms with Crippen molar-refractivity contribution in [3.63, 3.8) is 0 Å². The minimum absolute atomic E-state index is 0.111. The quantitative estimate of drug-likeness (QED) is 0.424. The van der Waals surface area contributed by atoms with Crippen molar-refractivity contribution in [2.45, 2.75) is 13.8 Å². The second-order valence-electron chi connectivity index (χ2n) is 6.95. The molecule has 0 aliphatic rings. The highest BCUT2D eigenvalue weighted by atomic mass is 35.5. The third kappa shape index (κ3) is 4.02. The van der Waals surface area contributed by atoms with Crippen LogP contribution in [-0.4, -0.2) is 32.7 Å². The van der Waals surface area contributed by atoms with Gasteiger partial charge in [-0.15, -0.1) is 5.10 Å². The highest BCUT2D eigenvalue weighted by molar-refractivity contribution is 6.30. The number of nitrogens with zero attached hydrogens (tertiary/aromatic N) is 3. The molecule has 0 radical (unpaired) electrons. The smallest absolute Gasteiger partial charge is 0.342 e. The van der Waals surface area contributed by atoms with E-state index in [1.165, 1.54) is 4.68 Å². The Morgan fingerprint density at radius 2 is 1.81 bits per heavy atom. The lowest BCUT2D eigenvalue weighted by Crippen LogP contribution is -2.10. The van der Waals surface area contributed by atoms with Crippen LogP contribution in [0.5, 0.6) is 5.75 Å². The van der Waals surface area contributed by atoms with E-state index in [-0.39, 0.29) is 17.9 Å². The molecule has 1 heterocycles. The second kappa shape index (κ2) is 8.62. The van der Waals surface area contributed by atoms with E-state index in [0.29, 0.717) is 22.0 Å². The molecule has 4 rings (SSSR count). The standard InChI is InChI=1S/C24H20ClN3O3/c1-3-31-24(30)21-15(2)13-19(16-7-5-4-6-8-16)22(23(21)29)28-14-20(26-27-28)17-9-11-18(25)12-10-17/h4-14,29H,3H2,1-2H3. The summed E-state index contributed by atoms with van der Waals surface area (Å²) < 4.78 is 6.63. The maximum Gasteiger partial charge on any atom is 0.342 e. The predicted octanol–water partition coefficient (Wildman–Crippen LogP) is 5.45. The SMILES string of the molecule is CCOC(=O)c1c(C)cc(-c2ccccc2)c(-n2cc(-c3ccc(Cl)cc3)nn2)c1O. The Morgan fingerprint density at radius 1 is 1.10 bits per heavy atom. The number of ether oxygens (including phenoxy) is 1. The molecular formula is C24H20ClN3O3. The summed E-state index contributed by atoms with van der Waals surface area (Å²) in [4.78, 5) is 12.5. The van der Waals surface area contributed by atoms with Crippen LogP contribution in [0.25, 0.3) is 28.1 Å². The molecule has 0 atom stereocenters. The first-order valence-electron chi connectivity index (χ1n) is 9.77. The Kier molecular flexibility index (Phi) is 5.73. The molecule has 0 fully saturated rings. The lowest BCUT2D eigenvalue weighted by Gasteiger charge is -2.16. The van der Waals surface area contributed by atoms with E-state index < -0.39 is 5.97 Å². The fourth-order valence-electron chi connectivity index (χ4n) is 3.45. The molecule has 1 aromatic heterocycles. The number of hydrogen-bond acceptors (Lipinski definition) is 5. The zero-order valence-electron chi connectivity index (χ0n) is 17.0. The molecule has 0 saturated heterocycles. The van der Waals surface area contributed by atoms with E-state index in [0.717, 1.165) is 16.7 Å². The molecule has 0 spiro atoms. The highest BCUT2D eigenvalue weighted by Gasteiger charge is 2.24. The Bertz CT molecular complexity index is 1240. The number of phenolic OH excluding ortho intramolecular Hbond substituents is 1. The van der Waals surface area contributed by atoms with Crippen molar-refractivity contribution in [3.8, 4) is 33.8 Å². The Balaban J connectivity index is 1.92. The van der Waals surface area contributed by atoms with Crippen LogP contribution >= 0.6 is 11.6 Å². The number of hydrogen-bond donors (Lipinski definition) is 1. The maximum atomic E-state index is 12.5. The molecule has 6 nitrogen and oxygen atoms in total. The van der Waals surface area contributed by atoms with Crippen LogP contribution in [0.15, 0.2) is 66.9 Å². The van der Waals surface area contributed by atoms with Gasteiger partial charge in [-0.1, -0.05) is 59.3 Å². The van der Waals surface area contributed by atoms with Gasteiger partial charge < -0.3 is 9.84 Å². The molecule has 0 bridgehead atoms. The molecule has 31 heavy (non-hydrogen) atoms. The molecule has 156 valence electrons. The topological polar surface area (TPSA) is 77.2 Å². The molecule has 0 unspecified atom stereocenters. The van der Waals surface area contributed by atoms with Crippen LogP contribution in [0.4, 0.5) is 0 Å². The number of esters is 1. The lowest BCUT2D eigenvalue weighted by atomic mass is 9.96. The van der Waals surface area contributed by atoms with Crippen LogP contribution in [0, 0.1) is 6.92 Å². The van der Waals surface area contributed by atoms with E-state index in [1.807, 2.05) is 48.5 Å². The molecule has 0 aliphatic heterocycles. The fourth-order valence-corrected chi connectivity index (χ4v) is 3.57. The van der Waals surface area contributed by atoms with E-state index in [1.54, 1.807) is 32.2 Å². The largest absolute Gasteiger partial charge is 0.505 e. The van der Waals surface area contributed by atoms with Gasteiger partial charge in [-0.05, 0) is 43.2 Å². The van der Waals surface area contributed by atoms with Gasteiger partial charge in [0.1, 0.15) is 16.9 Å². The average Bonchev–Trinajstić information content (AvgIpc) is 3.24. The van der Waals surface area contributed by atoms with Crippen molar-refractivity contribution >= 4 is 17.6 Å². The van der Waals surface area contributed by atoms with Gasteiger partial charge in [0.2, 0.25) is 0 Å². The fraction of sp³-hybridized carbons (Fsp3) is 0.125. The summed E-state index contributed by atoms with van der Waals surface area (Å²) in [6.45, 7) is 3.69. The maximum absolute atomic E-state index is 12.5. The van der Waals surface area contributed by atoms with Crippen molar-refractivity contribution in [3.05, 3.63) is 83.0 Å². The van der Waals surface area contributed by atoms with E-state index >= 15 is 0 Å². The highest BCUT2D eigenvalue weighted by Crippen LogP contribution is 2.38. The van der Waals surface area contributed by atoms with Crippen LogP contribution < -0.4 is 0 Å². The van der Waals surface area contributed by atoms with Crippen molar-refractivity contribution in [2.24, 2.45) is 0 Å². The van der Waals surface area contributed by atoms with Crippen molar-refractivity contribution in [1.29, 1.82) is 0 Å². The molecule has 4 aromatic rings. The predicted molar refractivity (Wildman–Crippen MR) is 120 cm³/mol. The van der Waals surface area contributed by atoms with Crippen molar-refractivity contribution < 1.29 is 14.6 Å². The molecule has 7 heteroatoms. The van der Waals surface area contributed by atoms with Gasteiger partial charge in [0.15, 0.2) is 5.75 Å². The number of aryl methyl sites for hydroxylation is 1. The summed E-state index contributed by atoms with van der Waals surface area (Å²) in [5.41, 5.74) is 4.10. The van der Waals surface area contributed by atoms with Crippen LogP contribution in [0.2, 0.25) is 5.02 Å². The third-order valence-corrected chi connectivity index (χ3v) is 5.15. The van der Waals surface area contributed by atoms with Crippen LogP contribution in [-0.2, 0) is 4.74 Å². The summed E-state index contributed by atoms with van der Waals surface area (Å²) in [5, 5.41) is 20.3. The van der Waals surface area contributed by atoms with Gasteiger partial charge in [-0.2, -0.15) is 0 Å². The summed E-state index contributed by atoms with van der Waals surface area (Å²) >= 11 is 5.98. The Morgan fingerprint density at radius 3 is 2.48 bits per heavy atom. The van der Waals surface area contributed by atoms with Gasteiger partial charge in [0.05, 0.1) is 12.8 Å². The van der Waals surface area contributed by atoms with Gasteiger partial charge in [-0.3, -0.25) is 0 Å². The number of aromatic nitrogens is 3. The summed E-state index contributed by atoms with van der Waals surface area (Å²) in [7, 11) is 0. The zero-order chi connectivity index (χ0) is 22.0. The normalized spacial score (nSPS) is 10.8. The van der Waals surface area contributed by atoms with Gasteiger partial charge in [0, 0.05) is 16.1 Å². The number of carbonyl (C=O) groups excluding carboxylic acids is 1. The monoisotopic (exact) mass is 433 g/mol. The Labute approximate surface area is 184 Å². The van der Waals surface area contributed by atoms with Crippen molar-refractivity contribution in [2.75, 3.05) is 6.61 Å². The summed E-state index contributed by atoms with van der Waals surface area (Å²) in [5.74, 6) is -0.790. The van der Waals surface area contributed by atoms with E-state index in [9.17, 15) is 9.90 Å². The van der Waals surface area contributed by atoms with Gasteiger partial charge in [-0.25, -0.2) is 9.48 Å². The van der Waals surface area contributed by atoms with Crippen LogP contribution in [0.1, 0.15) is 22.8 Å². The number of aromatic hydroxyl groups is 1. The number of carbonyl (C=O) groups is 1. The summed E-state index contributed by atoms with van der Waals surface area (Å²) in [6, 6.07) is 18.7. The minimum atomic E-state index is -0.587. The first kappa shape index (κ1) is 20.6. The first-order valence-corrected chi connectivity index (χ1v) is 10.1. The number of benzene rings is 3. The van der Waals surface area contributed by atoms with Crippen LogP contribution in [0.3, 0.4) is 0 Å². The van der Waals surface area contributed by atoms with Crippen molar-refractivity contribution in [1.82, 2.24) is 15.0 Å². The minimum Gasteiger partial charge on any atom is -0.505 e. The molecule has 0 aliphatic carbocycles. The Hall–Kier alpha value is -3.64. The molecule has 0 saturated carbocycles. The average molecular weight is 434 g/mol. The second-order valence-corrected chi connectivity index (χ2v) is 7.39. The molecule has 0 amide bonds. The molecule has 1 N–H and O–H groups in total. The van der Waals surface area contributed by atoms with E-state index in [2.05, 4.69) is 10.3 Å². The first-order chi connectivity index (χ1) is 15.0. The summed E-state index contributed by atoms with van der Waals surface area (Å²) in [6.07, 6.45) is 1.70. The number of rotatable bonds is 5. The number of phenols is 1. The van der Waals surface area contributed by atoms with Gasteiger partial charge >= 0.3 is 5.97 Å². The lowest BCUT2D eigenvalue weighted by molar-refractivity contribution is 0.0522. The third-order valence-electron chi connectivity index (χ3n) is 4.90. The number of halogens is 1. The zero-order valence-corrected chi connectivity index (χ0v) is 17.8.